The van der Waals surface area contributed by atoms with E-state index in [2.05, 4.69) is 10.2 Å². The summed E-state index contributed by atoms with van der Waals surface area (Å²) in [5.41, 5.74) is 2.62. The number of thiazole rings is 1. The number of carbonyl (C=O) groups excluding carboxylic acids is 1. The summed E-state index contributed by atoms with van der Waals surface area (Å²) < 4.78 is 11.7. The normalized spacial score (nSPS) is 14.1. The number of urea groups is 1. The van der Waals surface area contributed by atoms with Gasteiger partial charge in [0.2, 0.25) is 0 Å². The number of halogens is 1. The van der Waals surface area contributed by atoms with E-state index >= 15 is 0 Å². The average molecular weight is 447 g/mol. The first kappa shape index (κ1) is 20.6. The Kier molecular flexibility index (Phi) is 5.87. The van der Waals surface area contributed by atoms with E-state index in [1.54, 1.807) is 43.8 Å². The lowest BCUT2D eigenvalue weighted by Crippen LogP contribution is -2.50. The molecule has 1 aliphatic heterocycles. The highest BCUT2D eigenvalue weighted by molar-refractivity contribution is 7.22. The van der Waals surface area contributed by atoms with Crippen molar-refractivity contribution in [3.63, 3.8) is 0 Å². The van der Waals surface area contributed by atoms with E-state index in [-0.39, 0.29) is 6.03 Å². The third-order valence-corrected chi connectivity index (χ3v) is 6.70. The Morgan fingerprint density at radius 2 is 1.83 bits per heavy atom. The Morgan fingerprint density at radius 1 is 1.10 bits per heavy atom. The largest absolute Gasteiger partial charge is 0.493 e. The van der Waals surface area contributed by atoms with E-state index < -0.39 is 0 Å². The molecule has 1 fully saturated rings. The zero-order valence-corrected chi connectivity index (χ0v) is 18.6. The summed E-state index contributed by atoms with van der Waals surface area (Å²) in [5, 5.41) is 4.63. The Labute approximate surface area is 184 Å². The third kappa shape index (κ3) is 3.97. The van der Waals surface area contributed by atoms with Crippen molar-refractivity contribution in [1.29, 1.82) is 0 Å². The van der Waals surface area contributed by atoms with E-state index in [1.165, 1.54) is 0 Å². The molecule has 1 aromatic heterocycles. The molecular formula is C21H23ClN4O3S. The van der Waals surface area contributed by atoms with Crippen molar-refractivity contribution in [2.75, 3.05) is 50.6 Å². The van der Waals surface area contributed by atoms with Crippen molar-refractivity contribution in [3.8, 4) is 11.5 Å². The first-order valence-corrected chi connectivity index (χ1v) is 10.8. The lowest BCUT2D eigenvalue weighted by molar-refractivity contribution is 0.208. The van der Waals surface area contributed by atoms with Crippen LogP contribution in [0.5, 0.6) is 11.5 Å². The Morgan fingerprint density at radius 3 is 2.53 bits per heavy atom. The Balaban J connectivity index is 1.40. The van der Waals surface area contributed by atoms with E-state index in [1.807, 2.05) is 24.0 Å². The number of piperazine rings is 1. The van der Waals surface area contributed by atoms with Crippen LogP contribution in [0.4, 0.5) is 15.6 Å². The van der Waals surface area contributed by atoms with E-state index in [4.69, 9.17) is 26.1 Å². The highest BCUT2D eigenvalue weighted by atomic mass is 35.5. The van der Waals surface area contributed by atoms with Crippen molar-refractivity contribution >= 4 is 50.0 Å². The summed E-state index contributed by atoms with van der Waals surface area (Å²) in [7, 11) is 3.15. The quantitative estimate of drug-likeness (QED) is 0.632. The molecule has 1 N–H and O–H groups in total. The molecule has 30 heavy (non-hydrogen) atoms. The number of anilines is 2. The third-order valence-electron chi connectivity index (χ3n) is 5.21. The summed E-state index contributed by atoms with van der Waals surface area (Å²) >= 11 is 7.88. The van der Waals surface area contributed by atoms with Gasteiger partial charge in [0.05, 0.1) is 24.4 Å². The molecule has 7 nitrogen and oxygen atoms in total. The summed E-state index contributed by atoms with van der Waals surface area (Å²) in [6.45, 7) is 4.69. The number of benzene rings is 2. The second-order valence-corrected chi connectivity index (χ2v) is 8.41. The molecular weight excluding hydrogens is 424 g/mol. The first-order valence-electron chi connectivity index (χ1n) is 9.58. The minimum atomic E-state index is -0.131. The fourth-order valence-corrected chi connectivity index (χ4v) is 4.67. The topological polar surface area (TPSA) is 66.9 Å². The standard InChI is InChI=1S/C21H23ClN4O3S/c1-13-15(22)5-7-18-19(13)24-21(30-18)26-10-8-25(9-11-26)20(27)23-14-4-6-16(28-2)17(12-14)29-3/h4-7,12H,8-11H2,1-3H3,(H,23,27). The molecule has 2 aromatic carbocycles. The van der Waals surface area contributed by atoms with Crippen LogP contribution in [0.15, 0.2) is 30.3 Å². The fourth-order valence-electron chi connectivity index (χ4n) is 3.44. The monoisotopic (exact) mass is 446 g/mol. The van der Waals surface area contributed by atoms with Crippen molar-refractivity contribution in [2.45, 2.75) is 6.92 Å². The number of methoxy groups -OCH3 is 2. The second kappa shape index (κ2) is 8.57. The molecule has 0 atom stereocenters. The number of nitrogens with zero attached hydrogens (tertiary/aromatic N) is 3. The maximum absolute atomic E-state index is 12.7. The molecule has 0 saturated carbocycles. The molecule has 4 rings (SSSR count). The first-order chi connectivity index (χ1) is 14.5. The van der Waals surface area contributed by atoms with Crippen LogP contribution in [0.3, 0.4) is 0 Å². The van der Waals surface area contributed by atoms with E-state index in [0.717, 1.165) is 39.0 Å². The van der Waals surface area contributed by atoms with Gasteiger partial charge in [0.25, 0.3) is 0 Å². The number of aromatic nitrogens is 1. The van der Waals surface area contributed by atoms with Gasteiger partial charge >= 0.3 is 6.03 Å². The summed E-state index contributed by atoms with van der Waals surface area (Å²) in [6, 6.07) is 9.11. The minimum Gasteiger partial charge on any atom is -0.493 e. The molecule has 1 aliphatic rings. The highest BCUT2D eigenvalue weighted by Crippen LogP contribution is 2.34. The van der Waals surface area contributed by atoms with Crippen LogP contribution in [0.2, 0.25) is 5.02 Å². The SMILES string of the molecule is COc1ccc(NC(=O)N2CCN(c3nc4c(C)c(Cl)ccc4s3)CC2)cc1OC. The minimum absolute atomic E-state index is 0.131. The van der Waals surface area contributed by atoms with Gasteiger partial charge in [0, 0.05) is 43.0 Å². The van der Waals surface area contributed by atoms with Crippen LogP contribution >= 0.6 is 22.9 Å². The smallest absolute Gasteiger partial charge is 0.321 e. The molecule has 9 heteroatoms. The van der Waals surface area contributed by atoms with Gasteiger partial charge < -0.3 is 24.6 Å². The van der Waals surface area contributed by atoms with Crippen LogP contribution in [-0.4, -0.2) is 56.3 Å². The molecule has 2 amide bonds. The molecule has 158 valence electrons. The molecule has 0 unspecified atom stereocenters. The van der Waals surface area contributed by atoms with Crippen molar-refractivity contribution in [1.82, 2.24) is 9.88 Å². The van der Waals surface area contributed by atoms with Crippen LogP contribution in [-0.2, 0) is 0 Å². The van der Waals surface area contributed by atoms with E-state index in [0.29, 0.717) is 30.3 Å². The number of carbonyl (C=O) groups is 1. The molecule has 0 radical (unpaired) electrons. The molecule has 1 saturated heterocycles. The molecule has 2 heterocycles. The van der Waals surface area contributed by atoms with Gasteiger partial charge in [-0.3, -0.25) is 0 Å². The van der Waals surface area contributed by atoms with Gasteiger partial charge in [-0.25, -0.2) is 9.78 Å². The van der Waals surface area contributed by atoms with Gasteiger partial charge in [-0.2, -0.15) is 0 Å². The number of amides is 2. The highest BCUT2D eigenvalue weighted by Gasteiger charge is 2.24. The number of fused-ring (bicyclic) bond motifs is 1. The number of ether oxygens (including phenoxy) is 2. The maximum atomic E-state index is 12.7. The van der Waals surface area contributed by atoms with Gasteiger partial charge in [0.1, 0.15) is 0 Å². The molecule has 0 spiro atoms. The lowest BCUT2D eigenvalue weighted by atomic mass is 10.2. The maximum Gasteiger partial charge on any atom is 0.321 e. The number of aryl methyl sites for hydroxylation is 1. The van der Waals surface area contributed by atoms with Crippen molar-refractivity contribution < 1.29 is 14.3 Å². The zero-order valence-electron chi connectivity index (χ0n) is 17.1. The van der Waals surface area contributed by atoms with E-state index in [9.17, 15) is 4.79 Å². The van der Waals surface area contributed by atoms with Crippen LogP contribution < -0.4 is 19.7 Å². The fraction of sp³-hybridized carbons (Fsp3) is 0.333. The van der Waals surface area contributed by atoms with Crippen LogP contribution in [0, 0.1) is 6.92 Å². The number of rotatable bonds is 4. The van der Waals surface area contributed by atoms with Gasteiger partial charge in [-0.05, 0) is 36.8 Å². The lowest BCUT2D eigenvalue weighted by Gasteiger charge is -2.34. The Bertz CT molecular complexity index is 1080. The average Bonchev–Trinajstić information content (AvgIpc) is 3.21. The van der Waals surface area contributed by atoms with Gasteiger partial charge in [0.15, 0.2) is 16.6 Å². The predicted molar refractivity (Wildman–Crippen MR) is 122 cm³/mol. The summed E-state index contributed by atoms with van der Waals surface area (Å²) in [5.74, 6) is 1.20. The van der Waals surface area contributed by atoms with Crippen LogP contribution in [0.25, 0.3) is 10.2 Å². The number of nitrogens with one attached hydrogen (secondary N) is 1. The molecule has 3 aromatic rings. The van der Waals surface area contributed by atoms with Crippen molar-refractivity contribution in [3.05, 3.63) is 40.9 Å². The second-order valence-electron chi connectivity index (χ2n) is 6.99. The molecule has 0 bridgehead atoms. The number of hydrogen-bond acceptors (Lipinski definition) is 6. The van der Waals surface area contributed by atoms with Crippen LogP contribution in [0.1, 0.15) is 5.56 Å². The summed E-state index contributed by atoms with van der Waals surface area (Å²) in [6.07, 6.45) is 0. The van der Waals surface area contributed by atoms with Gasteiger partial charge in [-0.1, -0.05) is 22.9 Å². The predicted octanol–water partition coefficient (Wildman–Crippen LogP) is 4.63. The Hall–Kier alpha value is -2.71. The molecule has 0 aliphatic carbocycles. The van der Waals surface area contributed by atoms with Gasteiger partial charge in [-0.15, -0.1) is 0 Å². The number of hydrogen-bond donors (Lipinski definition) is 1. The van der Waals surface area contributed by atoms with Crippen molar-refractivity contribution in [2.24, 2.45) is 0 Å². The zero-order chi connectivity index (χ0) is 21.3. The summed E-state index contributed by atoms with van der Waals surface area (Å²) in [4.78, 5) is 21.5.